The van der Waals surface area contributed by atoms with Crippen molar-refractivity contribution >= 4 is 29.1 Å². The second-order valence-electron chi connectivity index (χ2n) is 3.33. The number of carbonyl (C=O) groups is 2. The molecule has 0 atom stereocenters. The van der Waals surface area contributed by atoms with Crippen LogP contribution >= 0.6 is 11.6 Å². The summed E-state index contributed by atoms with van der Waals surface area (Å²) in [5.41, 5.74) is 0.522. The number of nitrogens with zero attached hydrogens (tertiary/aromatic N) is 1. The summed E-state index contributed by atoms with van der Waals surface area (Å²) in [4.78, 5) is 24.2. The topological polar surface area (TPSA) is 69.6 Å². The van der Waals surface area contributed by atoms with Crippen molar-refractivity contribution in [3.05, 3.63) is 24.3 Å². The van der Waals surface area contributed by atoms with Crippen molar-refractivity contribution in [2.45, 2.75) is 0 Å². The van der Waals surface area contributed by atoms with Crippen LogP contribution in [0.15, 0.2) is 24.3 Å². The van der Waals surface area contributed by atoms with Crippen LogP contribution in [0, 0.1) is 0 Å². The van der Waals surface area contributed by atoms with E-state index in [-0.39, 0.29) is 18.2 Å². The molecule has 0 heterocycles. The highest BCUT2D eigenvalue weighted by Gasteiger charge is 2.19. The van der Waals surface area contributed by atoms with Gasteiger partial charge in [-0.2, -0.15) is 0 Å². The van der Waals surface area contributed by atoms with Crippen LogP contribution in [0.5, 0.6) is 5.75 Å². The molecule has 5 nitrogen and oxygen atoms in total. The molecule has 0 radical (unpaired) electrons. The minimum absolute atomic E-state index is 0.0983. The Hall–Kier alpha value is -1.75. The van der Waals surface area contributed by atoms with E-state index in [9.17, 15) is 9.59 Å². The highest BCUT2D eigenvalue weighted by Crippen LogP contribution is 2.17. The molecule has 6 heteroatoms. The average molecular weight is 257 g/mol. The van der Waals surface area contributed by atoms with Crippen LogP contribution < -0.4 is 10.2 Å². The molecule has 0 bridgehead atoms. The number of amides is 2. The lowest BCUT2D eigenvalue weighted by molar-refractivity contribution is -0.137. The smallest absolute Gasteiger partial charge is 0.316 e. The molecule has 2 N–H and O–H groups in total. The molecule has 0 fully saturated rings. The van der Waals surface area contributed by atoms with Crippen molar-refractivity contribution in [1.82, 2.24) is 5.32 Å². The van der Waals surface area contributed by atoms with E-state index in [4.69, 9.17) is 16.7 Å². The number of likely N-dealkylation sites (N-methyl/N-ethyl adjacent to an activating group) is 1. The maximum atomic E-state index is 11.6. The first kappa shape index (κ1) is 13.3. The van der Waals surface area contributed by atoms with Crippen molar-refractivity contribution in [2.75, 3.05) is 24.4 Å². The minimum atomic E-state index is -0.707. The zero-order valence-electron chi connectivity index (χ0n) is 9.31. The van der Waals surface area contributed by atoms with E-state index in [0.29, 0.717) is 5.69 Å². The summed E-state index contributed by atoms with van der Waals surface area (Å²) >= 11 is 5.40. The molecule has 0 saturated heterocycles. The first-order chi connectivity index (χ1) is 8.06. The molecule has 17 heavy (non-hydrogen) atoms. The quantitative estimate of drug-likeness (QED) is 0.618. The average Bonchev–Trinajstić information content (AvgIpc) is 2.35. The molecular weight excluding hydrogens is 244 g/mol. The molecule has 1 rings (SSSR count). The maximum Gasteiger partial charge on any atom is 0.316 e. The Bertz CT molecular complexity index is 406. The third-order valence-corrected chi connectivity index (χ3v) is 2.30. The SMILES string of the molecule is CN(C(=O)C(=O)NCCCl)c1ccc(O)cc1. The van der Waals surface area contributed by atoms with E-state index in [0.717, 1.165) is 0 Å². The fourth-order valence-electron chi connectivity index (χ4n) is 1.18. The molecule has 0 aliphatic rings. The van der Waals surface area contributed by atoms with Crippen molar-refractivity contribution < 1.29 is 14.7 Å². The van der Waals surface area contributed by atoms with Gasteiger partial charge in [-0.05, 0) is 24.3 Å². The molecule has 0 aromatic heterocycles. The van der Waals surface area contributed by atoms with Crippen LogP contribution in [0.2, 0.25) is 0 Å². The number of hydrogen-bond acceptors (Lipinski definition) is 3. The van der Waals surface area contributed by atoms with Gasteiger partial charge in [0.2, 0.25) is 0 Å². The number of hydrogen-bond donors (Lipinski definition) is 2. The molecular formula is C11H13ClN2O3. The van der Waals surface area contributed by atoms with Gasteiger partial charge >= 0.3 is 11.8 Å². The monoisotopic (exact) mass is 256 g/mol. The van der Waals surface area contributed by atoms with E-state index >= 15 is 0 Å². The van der Waals surface area contributed by atoms with Gasteiger partial charge in [0, 0.05) is 25.2 Å². The highest BCUT2D eigenvalue weighted by atomic mass is 35.5. The molecule has 1 aromatic carbocycles. The lowest BCUT2D eigenvalue weighted by atomic mass is 10.3. The Morgan fingerprint density at radius 3 is 2.47 bits per heavy atom. The van der Waals surface area contributed by atoms with Gasteiger partial charge < -0.3 is 15.3 Å². The number of aromatic hydroxyl groups is 1. The summed E-state index contributed by atoms with van der Waals surface area (Å²) in [6.45, 7) is 0.246. The predicted molar refractivity (Wildman–Crippen MR) is 65.2 cm³/mol. The number of phenols is 1. The van der Waals surface area contributed by atoms with Gasteiger partial charge in [-0.3, -0.25) is 9.59 Å². The number of halogens is 1. The Morgan fingerprint density at radius 1 is 1.35 bits per heavy atom. The number of carbonyl (C=O) groups excluding carboxylic acids is 2. The van der Waals surface area contributed by atoms with E-state index in [1.165, 1.54) is 24.1 Å². The van der Waals surface area contributed by atoms with E-state index in [2.05, 4.69) is 5.32 Å². The summed E-state index contributed by atoms with van der Waals surface area (Å²) in [6, 6.07) is 5.97. The zero-order valence-corrected chi connectivity index (χ0v) is 10.1. The molecule has 2 amide bonds. The standard InChI is InChI=1S/C11H13ClN2O3/c1-14(8-2-4-9(15)5-3-8)11(17)10(16)13-7-6-12/h2-5,15H,6-7H2,1H3,(H,13,16). The normalized spacial score (nSPS) is 9.76. The van der Waals surface area contributed by atoms with Gasteiger partial charge in [0.1, 0.15) is 5.75 Å². The fourth-order valence-corrected chi connectivity index (χ4v) is 1.28. The fraction of sp³-hybridized carbons (Fsp3) is 0.273. The lowest BCUT2D eigenvalue weighted by Gasteiger charge is -2.16. The van der Waals surface area contributed by atoms with Crippen molar-refractivity contribution in [3.8, 4) is 5.75 Å². The molecule has 1 aromatic rings. The molecule has 0 saturated carbocycles. The molecule has 0 spiro atoms. The van der Waals surface area contributed by atoms with Crippen LogP contribution in [0.25, 0.3) is 0 Å². The summed E-state index contributed by atoms with van der Waals surface area (Å²) < 4.78 is 0. The van der Waals surface area contributed by atoms with Crippen LogP contribution in [-0.4, -0.2) is 36.4 Å². The first-order valence-electron chi connectivity index (χ1n) is 4.97. The van der Waals surface area contributed by atoms with Gasteiger partial charge in [-0.25, -0.2) is 0 Å². The van der Waals surface area contributed by atoms with Gasteiger partial charge in [0.25, 0.3) is 0 Å². The number of anilines is 1. The summed E-state index contributed by atoms with van der Waals surface area (Å²) in [5, 5.41) is 11.5. The third-order valence-electron chi connectivity index (χ3n) is 2.12. The summed E-state index contributed by atoms with van der Waals surface area (Å²) in [6.07, 6.45) is 0. The van der Waals surface area contributed by atoms with Gasteiger partial charge in [-0.15, -0.1) is 11.6 Å². The first-order valence-corrected chi connectivity index (χ1v) is 5.50. The second kappa shape index (κ2) is 6.10. The number of rotatable bonds is 3. The minimum Gasteiger partial charge on any atom is -0.508 e. The van der Waals surface area contributed by atoms with Crippen molar-refractivity contribution in [1.29, 1.82) is 0 Å². The number of benzene rings is 1. The molecule has 0 unspecified atom stereocenters. The second-order valence-corrected chi connectivity index (χ2v) is 3.70. The predicted octanol–water partition coefficient (Wildman–Crippen LogP) is 0.710. The van der Waals surface area contributed by atoms with E-state index in [1.807, 2.05) is 0 Å². The van der Waals surface area contributed by atoms with Gasteiger partial charge in [0.15, 0.2) is 0 Å². The highest BCUT2D eigenvalue weighted by molar-refractivity contribution is 6.40. The molecule has 0 aliphatic heterocycles. The van der Waals surface area contributed by atoms with Gasteiger partial charge in [0.05, 0.1) is 0 Å². The van der Waals surface area contributed by atoms with Crippen LogP contribution in [-0.2, 0) is 9.59 Å². The van der Waals surface area contributed by atoms with Crippen LogP contribution in [0.4, 0.5) is 5.69 Å². The Morgan fingerprint density at radius 2 is 1.94 bits per heavy atom. The summed E-state index contributed by atoms with van der Waals surface area (Å²) in [7, 11) is 1.48. The van der Waals surface area contributed by atoms with Crippen LogP contribution in [0.1, 0.15) is 0 Å². The van der Waals surface area contributed by atoms with Crippen molar-refractivity contribution in [2.24, 2.45) is 0 Å². The Balaban J connectivity index is 2.69. The molecule has 92 valence electrons. The maximum absolute atomic E-state index is 11.6. The Labute approximate surface area is 104 Å². The number of phenolic OH excluding ortho intramolecular Hbond substituents is 1. The van der Waals surface area contributed by atoms with E-state index in [1.54, 1.807) is 12.1 Å². The number of alkyl halides is 1. The third kappa shape index (κ3) is 3.64. The molecule has 0 aliphatic carbocycles. The van der Waals surface area contributed by atoms with Gasteiger partial charge in [-0.1, -0.05) is 0 Å². The Kier molecular flexibility index (Phi) is 4.78. The number of nitrogens with one attached hydrogen (secondary N) is 1. The zero-order chi connectivity index (χ0) is 12.8. The van der Waals surface area contributed by atoms with Crippen molar-refractivity contribution in [3.63, 3.8) is 0 Å². The lowest BCUT2D eigenvalue weighted by Crippen LogP contribution is -2.41. The van der Waals surface area contributed by atoms with E-state index < -0.39 is 11.8 Å². The summed E-state index contributed by atoms with van der Waals surface area (Å²) in [5.74, 6) is -1.04. The van der Waals surface area contributed by atoms with Crippen LogP contribution in [0.3, 0.4) is 0 Å². The largest absolute Gasteiger partial charge is 0.508 e.